The highest BCUT2D eigenvalue weighted by molar-refractivity contribution is 6.38. The van der Waals surface area contributed by atoms with E-state index >= 15 is 0 Å². The summed E-state index contributed by atoms with van der Waals surface area (Å²) in [6, 6.07) is 0. The summed E-state index contributed by atoms with van der Waals surface area (Å²) in [7, 11) is 0. The van der Waals surface area contributed by atoms with Crippen LogP contribution >= 0.6 is 0 Å². The fourth-order valence-corrected chi connectivity index (χ4v) is 7.17. The number of hydrogen-bond donors (Lipinski definition) is 1. The van der Waals surface area contributed by atoms with E-state index in [1.165, 1.54) is 6.42 Å². The molecule has 4 fully saturated rings. The Morgan fingerprint density at radius 3 is 2.35 bits per heavy atom. The molecule has 4 aliphatic rings. The zero-order valence-electron chi connectivity index (χ0n) is 14.7. The standard InChI is InChI=1S/C20H30O3/c1-18-11-17(22)16(21)10-12(18)4-5-13-14(18)6-8-19(2)15(13)7-9-20(19,3)23/h12-15,23H,4-11H2,1-3H3/t12-,13+,14-,15-,18-,19-,20-/m0/s1. The molecule has 0 heterocycles. The van der Waals surface area contributed by atoms with Gasteiger partial charge in [-0.05, 0) is 80.0 Å². The van der Waals surface area contributed by atoms with Crippen molar-refractivity contribution < 1.29 is 14.7 Å². The monoisotopic (exact) mass is 318 g/mol. The number of carbonyl (C=O) groups is 2. The van der Waals surface area contributed by atoms with Gasteiger partial charge in [0.25, 0.3) is 0 Å². The molecule has 0 aromatic rings. The molecule has 128 valence electrons. The van der Waals surface area contributed by atoms with Gasteiger partial charge in [-0.2, -0.15) is 0 Å². The Bertz CT molecular complexity index is 565. The maximum atomic E-state index is 12.1. The molecular weight excluding hydrogens is 288 g/mol. The van der Waals surface area contributed by atoms with Crippen LogP contribution in [0.25, 0.3) is 0 Å². The summed E-state index contributed by atoms with van der Waals surface area (Å²) in [5.74, 6) is 1.92. The molecule has 0 spiro atoms. The van der Waals surface area contributed by atoms with E-state index in [4.69, 9.17) is 0 Å². The Hall–Kier alpha value is -0.700. The molecule has 0 unspecified atom stereocenters. The summed E-state index contributed by atoms with van der Waals surface area (Å²) in [6.45, 7) is 6.61. The second-order valence-electron chi connectivity index (χ2n) is 9.65. The van der Waals surface area contributed by atoms with E-state index in [0.717, 1.165) is 32.1 Å². The van der Waals surface area contributed by atoms with Crippen LogP contribution in [0.5, 0.6) is 0 Å². The van der Waals surface area contributed by atoms with E-state index in [9.17, 15) is 14.7 Å². The Kier molecular flexibility index (Phi) is 3.22. The van der Waals surface area contributed by atoms with Crippen molar-refractivity contribution in [1.29, 1.82) is 0 Å². The van der Waals surface area contributed by atoms with Crippen LogP contribution in [-0.4, -0.2) is 22.3 Å². The minimum Gasteiger partial charge on any atom is -0.390 e. The fraction of sp³-hybridized carbons (Fsp3) is 0.900. The van der Waals surface area contributed by atoms with Crippen LogP contribution in [0.15, 0.2) is 0 Å². The molecule has 4 rings (SSSR count). The first kappa shape index (κ1) is 15.8. The summed E-state index contributed by atoms with van der Waals surface area (Å²) >= 11 is 0. The maximum Gasteiger partial charge on any atom is 0.198 e. The third-order valence-electron chi connectivity index (χ3n) is 8.91. The minimum absolute atomic E-state index is 0.0175. The predicted octanol–water partition coefficient (Wildman–Crippen LogP) is 3.53. The molecule has 0 saturated heterocycles. The van der Waals surface area contributed by atoms with E-state index in [1.807, 2.05) is 6.92 Å². The first-order valence-electron chi connectivity index (χ1n) is 9.47. The highest BCUT2D eigenvalue weighted by Crippen LogP contribution is 2.67. The van der Waals surface area contributed by atoms with Crippen molar-refractivity contribution in [2.45, 2.75) is 77.7 Å². The van der Waals surface area contributed by atoms with Gasteiger partial charge in [-0.3, -0.25) is 9.59 Å². The largest absolute Gasteiger partial charge is 0.390 e. The van der Waals surface area contributed by atoms with Gasteiger partial charge in [0.05, 0.1) is 5.60 Å². The highest BCUT2D eigenvalue weighted by Gasteiger charge is 2.63. The lowest BCUT2D eigenvalue weighted by Crippen LogP contribution is -2.57. The average molecular weight is 318 g/mol. The third-order valence-corrected chi connectivity index (χ3v) is 8.91. The molecule has 4 aliphatic carbocycles. The molecule has 0 aromatic heterocycles. The van der Waals surface area contributed by atoms with Gasteiger partial charge in [-0.1, -0.05) is 13.8 Å². The van der Waals surface area contributed by atoms with Gasteiger partial charge in [0, 0.05) is 12.8 Å². The van der Waals surface area contributed by atoms with Gasteiger partial charge in [0.15, 0.2) is 11.6 Å². The van der Waals surface area contributed by atoms with Crippen molar-refractivity contribution in [3.8, 4) is 0 Å². The Morgan fingerprint density at radius 2 is 1.61 bits per heavy atom. The van der Waals surface area contributed by atoms with Crippen LogP contribution in [0.4, 0.5) is 0 Å². The third kappa shape index (κ3) is 1.92. The molecule has 0 aromatic carbocycles. The van der Waals surface area contributed by atoms with Gasteiger partial charge >= 0.3 is 0 Å². The number of rotatable bonds is 0. The van der Waals surface area contributed by atoms with Crippen molar-refractivity contribution in [3.63, 3.8) is 0 Å². The van der Waals surface area contributed by atoms with Crippen molar-refractivity contribution in [3.05, 3.63) is 0 Å². The topological polar surface area (TPSA) is 54.4 Å². The van der Waals surface area contributed by atoms with Crippen LogP contribution in [0, 0.1) is 34.5 Å². The Balaban J connectivity index is 1.67. The molecule has 3 heteroatoms. The predicted molar refractivity (Wildman–Crippen MR) is 87.7 cm³/mol. The summed E-state index contributed by atoms with van der Waals surface area (Å²) in [6.07, 6.45) is 7.44. The molecular formula is C20H30O3. The van der Waals surface area contributed by atoms with Gasteiger partial charge < -0.3 is 5.11 Å². The molecule has 0 amide bonds. The number of Topliss-reactive ketones (excluding diaryl/α,β-unsaturated/α-hetero) is 2. The van der Waals surface area contributed by atoms with Crippen LogP contribution in [0.3, 0.4) is 0 Å². The van der Waals surface area contributed by atoms with E-state index in [0.29, 0.717) is 36.5 Å². The molecule has 1 N–H and O–H groups in total. The first-order valence-corrected chi connectivity index (χ1v) is 9.47. The quantitative estimate of drug-likeness (QED) is 0.695. The van der Waals surface area contributed by atoms with Crippen LogP contribution < -0.4 is 0 Å². The first-order chi connectivity index (χ1) is 10.7. The SMILES string of the molecule is C[C@]12CC(=O)C(=O)C[C@@H]1CC[C@@H]1[C@@H]2CC[C@@]2(C)[C@H]1CC[C@]2(C)O. The maximum absolute atomic E-state index is 12.1. The second kappa shape index (κ2) is 4.68. The molecule has 3 nitrogen and oxygen atoms in total. The van der Waals surface area contributed by atoms with Crippen molar-refractivity contribution in [2.75, 3.05) is 0 Å². The van der Waals surface area contributed by atoms with Gasteiger partial charge in [0.1, 0.15) is 0 Å². The zero-order valence-corrected chi connectivity index (χ0v) is 14.7. The molecule has 4 saturated carbocycles. The average Bonchev–Trinajstić information content (AvgIpc) is 2.71. The van der Waals surface area contributed by atoms with E-state index < -0.39 is 5.60 Å². The molecule has 0 aliphatic heterocycles. The number of fused-ring (bicyclic) bond motifs is 5. The van der Waals surface area contributed by atoms with Crippen molar-refractivity contribution >= 4 is 11.6 Å². The fourth-order valence-electron chi connectivity index (χ4n) is 7.17. The molecule has 0 bridgehead atoms. The van der Waals surface area contributed by atoms with Crippen molar-refractivity contribution in [1.82, 2.24) is 0 Å². The van der Waals surface area contributed by atoms with Gasteiger partial charge in [-0.15, -0.1) is 0 Å². The number of ketones is 2. The second-order valence-corrected chi connectivity index (χ2v) is 9.65. The lowest BCUT2D eigenvalue weighted by molar-refractivity contribution is -0.161. The van der Waals surface area contributed by atoms with Gasteiger partial charge in [-0.25, -0.2) is 0 Å². The van der Waals surface area contributed by atoms with E-state index in [1.54, 1.807) is 0 Å². The van der Waals surface area contributed by atoms with E-state index in [2.05, 4.69) is 13.8 Å². The number of carbonyl (C=O) groups excluding carboxylic acids is 2. The van der Waals surface area contributed by atoms with Crippen LogP contribution in [0.2, 0.25) is 0 Å². The van der Waals surface area contributed by atoms with Gasteiger partial charge in [0.2, 0.25) is 0 Å². The molecule has 7 atom stereocenters. The molecule has 23 heavy (non-hydrogen) atoms. The van der Waals surface area contributed by atoms with Crippen LogP contribution in [-0.2, 0) is 9.59 Å². The highest BCUT2D eigenvalue weighted by atomic mass is 16.3. The lowest BCUT2D eigenvalue weighted by atomic mass is 9.44. The zero-order chi connectivity index (χ0) is 16.6. The van der Waals surface area contributed by atoms with Crippen LogP contribution in [0.1, 0.15) is 72.1 Å². The summed E-state index contributed by atoms with van der Waals surface area (Å²) in [4.78, 5) is 24.0. The summed E-state index contributed by atoms with van der Waals surface area (Å²) in [5.41, 5.74) is -0.492. The summed E-state index contributed by atoms with van der Waals surface area (Å²) < 4.78 is 0. The minimum atomic E-state index is -0.543. The number of aliphatic hydroxyl groups is 1. The summed E-state index contributed by atoms with van der Waals surface area (Å²) in [5, 5.41) is 10.9. The Labute approximate surface area is 139 Å². The van der Waals surface area contributed by atoms with E-state index in [-0.39, 0.29) is 22.4 Å². The smallest absolute Gasteiger partial charge is 0.198 e. The number of hydrogen-bond acceptors (Lipinski definition) is 3. The normalized spacial score (nSPS) is 56.0. The Morgan fingerprint density at radius 1 is 0.913 bits per heavy atom. The molecule has 0 radical (unpaired) electrons. The lowest BCUT2D eigenvalue weighted by Gasteiger charge is -2.60. The van der Waals surface area contributed by atoms with Crippen molar-refractivity contribution in [2.24, 2.45) is 34.5 Å².